The van der Waals surface area contributed by atoms with Crippen molar-refractivity contribution in [3.63, 3.8) is 0 Å². The highest BCUT2D eigenvalue weighted by atomic mass is 16.2. The maximum atomic E-state index is 12.9. The van der Waals surface area contributed by atoms with Crippen LogP contribution in [0.5, 0.6) is 0 Å². The van der Waals surface area contributed by atoms with Crippen molar-refractivity contribution in [2.24, 2.45) is 0 Å². The van der Waals surface area contributed by atoms with E-state index < -0.39 is 11.7 Å². The molecule has 0 aliphatic rings. The molecule has 4 nitrogen and oxygen atoms in total. The topological polar surface area (TPSA) is 50.6 Å². The number of aryl methyl sites for hydroxylation is 1. The van der Waals surface area contributed by atoms with E-state index in [-0.39, 0.29) is 0 Å². The molecule has 2 aromatic heterocycles. The average molecular weight is 348 g/mol. The predicted octanol–water partition coefficient (Wildman–Crippen LogP) is 4.40. The van der Waals surface area contributed by atoms with Crippen molar-refractivity contribution in [1.29, 1.82) is 0 Å². The summed E-state index contributed by atoms with van der Waals surface area (Å²) in [6.45, 7) is 4.66. The van der Waals surface area contributed by atoms with E-state index in [9.17, 15) is 9.59 Å². The first-order valence-electron chi connectivity index (χ1n) is 9.11. The Morgan fingerprint density at radius 2 is 1.81 bits per heavy atom. The highest BCUT2D eigenvalue weighted by Gasteiger charge is 2.24. The van der Waals surface area contributed by atoms with Crippen molar-refractivity contribution in [3.8, 4) is 11.1 Å². The van der Waals surface area contributed by atoms with E-state index in [0.29, 0.717) is 12.2 Å². The number of nitrogens with one attached hydrogen (secondary N) is 1. The molecule has 2 heterocycles. The van der Waals surface area contributed by atoms with Crippen LogP contribution in [0.2, 0.25) is 0 Å². The number of fused-ring (bicyclic) bond motifs is 1. The lowest BCUT2D eigenvalue weighted by Crippen LogP contribution is -2.32. The molecule has 0 aliphatic heterocycles. The normalized spacial score (nSPS) is 10.8. The molecule has 0 unspecified atom stereocenters. The molecule has 0 spiro atoms. The standard InChI is InChI=1S/C22H24N2O2/c1-3-4-6-13-23-22(26)21(25)20-19(17-11-9-16(2)10-12-17)15-18-8-5-7-14-24(18)20/h5,7-12,14-15H,3-4,6,13H2,1-2H3,(H,23,26). The van der Waals surface area contributed by atoms with Gasteiger partial charge in [0.2, 0.25) is 0 Å². The first-order valence-corrected chi connectivity index (χ1v) is 9.11. The number of carbonyl (C=O) groups excluding carboxylic acids is 2. The average Bonchev–Trinajstić information content (AvgIpc) is 3.04. The summed E-state index contributed by atoms with van der Waals surface area (Å²) in [6.07, 6.45) is 4.82. The van der Waals surface area contributed by atoms with Crippen LogP contribution in [-0.2, 0) is 4.79 Å². The monoisotopic (exact) mass is 348 g/mol. The molecule has 0 bridgehead atoms. The van der Waals surface area contributed by atoms with Gasteiger partial charge in [0.25, 0.3) is 11.7 Å². The number of hydrogen-bond donors (Lipinski definition) is 1. The second kappa shape index (κ2) is 8.00. The molecule has 1 N–H and O–H groups in total. The van der Waals surface area contributed by atoms with Crippen LogP contribution < -0.4 is 5.32 Å². The van der Waals surface area contributed by atoms with Crippen LogP contribution in [0.4, 0.5) is 0 Å². The predicted molar refractivity (Wildman–Crippen MR) is 104 cm³/mol. The Hall–Kier alpha value is -2.88. The summed E-state index contributed by atoms with van der Waals surface area (Å²) >= 11 is 0. The van der Waals surface area contributed by atoms with E-state index in [1.165, 1.54) is 0 Å². The van der Waals surface area contributed by atoms with Gasteiger partial charge in [-0.1, -0.05) is 55.7 Å². The molecule has 26 heavy (non-hydrogen) atoms. The summed E-state index contributed by atoms with van der Waals surface area (Å²) < 4.78 is 1.79. The smallest absolute Gasteiger partial charge is 0.294 e. The van der Waals surface area contributed by atoms with Crippen LogP contribution in [0.1, 0.15) is 42.2 Å². The number of carbonyl (C=O) groups is 2. The highest BCUT2D eigenvalue weighted by Crippen LogP contribution is 2.28. The van der Waals surface area contributed by atoms with E-state index in [1.54, 1.807) is 4.40 Å². The molecule has 3 rings (SSSR count). The number of aromatic nitrogens is 1. The Morgan fingerprint density at radius 1 is 1.04 bits per heavy atom. The summed E-state index contributed by atoms with van der Waals surface area (Å²) in [4.78, 5) is 25.3. The van der Waals surface area contributed by atoms with Gasteiger partial charge in [0, 0.05) is 23.8 Å². The fourth-order valence-electron chi connectivity index (χ4n) is 3.07. The van der Waals surface area contributed by atoms with E-state index >= 15 is 0 Å². The molecule has 0 aliphatic carbocycles. The summed E-state index contributed by atoms with van der Waals surface area (Å²) in [5, 5.41) is 2.76. The third-order valence-corrected chi connectivity index (χ3v) is 4.53. The fraction of sp³-hybridized carbons (Fsp3) is 0.273. The van der Waals surface area contributed by atoms with E-state index in [1.807, 2.05) is 61.7 Å². The van der Waals surface area contributed by atoms with E-state index in [0.717, 1.165) is 41.5 Å². The van der Waals surface area contributed by atoms with Gasteiger partial charge < -0.3 is 9.72 Å². The highest BCUT2D eigenvalue weighted by molar-refractivity contribution is 6.43. The third-order valence-electron chi connectivity index (χ3n) is 4.53. The number of unbranched alkanes of at least 4 members (excludes halogenated alkanes) is 2. The van der Waals surface area contributed by atoms with Gasteiger partial charge in [-0.2, -0.15) is 0 Å². The van der Waals surface area contributed by atoms with Gasteiger partial charge >= 0.3 is 0 Å². The number of Topliss-reactive ketones (excluding diaryl/α,β-unsaturated/α-hetero) is 1. The Bertz CT molecular complexity index is 923. The number of benzene rings is 1. The van der Waals surface area contributed by atoms with Crippen LogP contribution in [0.15, 0.2) is 54.7 Å². The maximum absolute atomic E-state index is 12.9. The van der Waals surface area contributed by atoms with Crippen LogP contribution >= 0.6 is 0 Å². The van der Waals surface area contributed by atoms with Crippen LogP contribution in [0.3, 0.4) is 0 Å². The lowest BCUT2D eigenvalue weighted by atomic mass is 10.0. The van der Waals surface area contributed by atoms with Gasteiger partial charge in [-0.05, 0) is 37.1 Å². The van der Waals surface area contributed by atoms with Crippen molar-refractivity contribution >= 4 is 17.2 Å². The molecule has 0 saturated heterocycles. The zero-order chi connectivity index (χ0) is 18.5. The van der Waals surface area contributed by atoms with Crippen molar-refractivity contribution in [1.82, 2.24) is 9.72 Å². The van der Waals surface area contributed by atoms with E-state index in [4.69, 9.17) is 0 Å². The minimum Gasteiger partial charge on any atom is -0.349 e. The zero-order valence-electron chi connectivity index (χ0n) is 15.3. The van der Waals surface area contributed by atoms with Crippen molar-refractivity contribution in [2.45, 2.75) is 33.1 Å². The molecule has 1 aromatic carbocycles. The number of pyridine rings is 1. The molecule has 0 atom stereocenters. The van der Waals surface area contributed by atoms with Gasteiger partial charge in [-0.25, -0.2) is 0 Å². The number of nitrogens with zero attached hydrogens (tertiary/aromatic N) is 1. The number of ketones is 1. The van der Waals surface area contributed by atoms with Crippen molar-refractivity contribution < 1.29 is 9.59 Å². The maximum Gasteiger partial charge on any atom is 0.294 e. The second-order valence-electron chi connectivity index (χ2n) is 6.56. The second-order valence-corrected chi connectivity index (χ2v) is 6.56. The van der Waals surface area contributed by atoms with Gasteiger partial charge in [-0.3, -0.25) is 9.59 Å². The molecular weight excluding hydrogens is 324 g/mol. The van der Waals surface area contributed by atoms with Gasteiger partial charge in [-0.15, -0.1) is 0 Å². The molecule has 0 saturated carbocycles. The fourth-order valence-corrected chi connectivity index (χ4v) is 3.07. The first kappa shape index (κ1) is 17.9. The molecule has 3 aromatic rings. The Labute approximate surface area is 153 Å². The molecule has 1 amide bonds. The summed E-state index contributed by atoms with van der Waals surface area (Å²) in [5.41, 5.74) is 4.17. The minimum atomic E-state index is -0.543. The van der Waals surface area contributed by atoms with Gasteiger partial charge in [0.15, 0.2) is 0 Å². The van der Waals surface area contributed by atoms with Gasteiger partial charge in [0.05, 0.1) is 0 Å². The summed E-state index contributed by atoms with van der Waals surface area (Å²) in [7, 11) is 0. The third kappa shape index (κ3) is 3.69. The number of rotatable bonds is 7. The summed E-state index contributed by atoms with van der Waals surface area (Å²) in [6, 6.07) is 15.7. The van der Waals surface area contributed by atoms with Gasteiger partial charge in [0.1, 0.15) is 5.69 Å². The zero-order valence-corrected chi connectivity index (χ0v) is 15.3. The molecule has 0 fully saturated rings. The Morgan fingerprint density at radius 3 is 2.54 bits per heavy atom. The summed E-state index contributed by atoms with van der Waals surface area (Å²) in [5.74, 6) is -1.04. The lowest BCUT2D eigenvalue weighted by molar-refractivity contribution is -0.117. The van der Waals surface area contributed by atoms with E-state index in [2.05, 4.69) is 12.2 Å². The lowest BCUT2D eigenvalue weighted by Gasteiger charge is -2.08. The Balaban J connectivity index is 1.98. The number of amides is 1. The Kier molecular flexibility index (Phi) is 5.52. The largest absolute Gasteiger partial charge is 0.349 e. The van der Waals surface area contributed by atoms with Crippen molar-refractivity contribution in [2.75, 3.05) is 6.54 Å². The molecule has 4 heteroatoms. The van der Waals surface area contributed by atoms with Crippen LogP contribution in [-0.4, -0.2) is 22.6 Å². The molecule has 134 valence electrons. The van der Waals surface area contributed by atoms with Crippen LogP contribution in [0.25, 0.3) is 16.6 Å². The minimum absolute atomic E-state index is 0.414. The van der Waals surface area contributed by atoms with Crippen LogP contribution in [0, 0.1) is 6.92 Å². The van der Waals surface area contributed by atoms with Crippen molar-refractivity contribution in [3.05, 3.63) is 66.0 Å². The first-order chi connectivity index (χ1) is 12.6. The quantitative estimate of drug-likeness (QED) is 0.391. The molecular formula is C22H24N2O2. The molecule has 0 radical (unpaired) electrons. The SMILES string of the molecule is CCCCCNC(=O)C(=O)c1c(-c2ccc(C)cc2)cc2ccccn12. The number of hydrogen-bond acceptors (Lipinski definition) is 2.